The molecule has 0 aliphatic rings. The summed E-state index contributed by atoms with van der Waals surface area (Å²) < 4.78 is 36.7. The van der Waals surface area contributed by atoms with Crippen molar-refractivity contribution in [2.45, 2.75) is 38.1 Å². The van der Waals surface area contributed by atoms with Crippen LogP contribution in [0.5, 0.6) is 0 Å². The van der Waals surface area contributed by atoms with Crippen molar-refractivity contribution in [1.82, 2.24) is 4.98 Å². The molecule has 0 aromatic carbocycles. The highest BCUT2D eigenvalue weighted by Gasteiger charge is 2.23. The average Bonchev–Trinajstić information content (AvgIpc) is 2.16. The molecule has 0 amide bonds. The first-order chi connectivity index (χ1) is 7.18. The number of sulfone groups is 1. The van der Waals surface area contributed by atoms with Crippen LogP contribution in [0.2, 0.25) is 0 Å². The van der Waals surface area contributed by atoms with Gasteiger partial charge in [-0.25, -0.2) is 17.8 Å². The Bertz CT molecular complexity index is 489. The van der Waals surface area contributed by atoms with Crippen LogP contribution >= 0.6 is 0 Å². The van der Waals surface area contributed by atoms with Gasteiger partial charge in [-0.3, -0.25) is 0 Å². The lowest BCUT2D eigenvalue weighted by atomic mass is 9.91. The molecule has 1 rings (SSSR count). The van der Waals surface area contributed by atoms with Crippen LogP contribution in [-0.4, -0.2) is 19.2 Å². The standard InChI is InChI=1S/C11H16FNO2S/c1-5-16(14,15)9-7-6-8(12)10(13-9)11(2,3)4/h6-7H,5H2,1-4H3. The Morgan fingerprint density at radius 2 is 1.88 bits per heavy atom. The minimum absolute atomic E-state index is 0.0325. The molecule has 0 radical (unpaired) electrons. The Balaban J connectivity index is 3.40. The van der Waals surface area contributed by atoms with E-state index >= 15 is 0 Å². The molecule has 3 nitrogen and oxygen atoms in total. The molecular weight excluding hydrogens is 229 g/mol. The number of rotatable bonds is 2. The summed E-state index contributed by atoms with van der Waals surface area (Å²) in [7, 11) is -3.38. The zero-order chi connectivity index (χ0) is 12.6. The van der Waals surface area contributed by atoms with E-state index in [9.17, 15) is 12.8 Å². The van der Waals surface area contributed by atoms with E-state index in [-0.39, 0.29) is 16.5 Å². The van der Waals surface area contributed by atoms with Crippen molar-refractivity contribution in [3.8, 4) is 0 Å². The first-order valence-corrected chi connectivity index (χ1v) is 6.73. The second kappa shape index (κ2) is 4.13. The lowest BCUT2D eigenvalue weighted by Gasteiger charge is -2.18. The molecule has 5 heteroatoms. The number of halogens is 1. The Morgan fingerprint density at radius 1 is 1.31 bits per heavy atom. The van der Waals surface area contributed by atoms with E-state index in [1.165, 1.54) is 13.0 Å². The van der Waals surface area contributed by atoms with Crippen LogP contribution in [0.15, 0.2) is 17.2 Å². The fraction of sp³-hybridized carbons (Fsp3) is 0.545. The van der Waals surface area contributed by atoms with Crippen LogP contribution in [0, 0.1) is 5.82 Å². The van der Waals surface area contributed by atoms with Gasteiger partial charge in [0.05, 0.1) is 11.4 Å². The van der Waals surface area contributed by atoms with Gasteiger partial charge in [-0.05, 0) is 12.1 Å². The van der Waals surface area contributed by atoms with Gasteiger partial charge in [-0.15, -0.1) is 0 Å². The summed E-state index contributed by atoms with van der Waals surface area (Å²) in [6, 6.07) is 2.37. The summed E-state index contributed by atoms with van der Waals surface area (Å²) in [4.78, 5) is 3.92. The van der Waals surface area contributed by atoms with Gasteiger partial charge in [0.1, 0.15) is 5.82 Å². The third-order valence-electron chi connectivity index (χ3n) is 2.23. The van der Waals surface area contributed by atoms with Gasteiger partial charge in [0, 0.05) is 5.41 Å². The average molecular weight is 245 g/mol. The monoisotopic (exact) mass is 245 g/mol. The lowest BCUT2D eigenvalue weighted by molar-refractivity contribution is 0.495. The van der Waals surface area contributed by atoms with Crippen LogP contribution in [-0.2, 0) is 15.3 Å². The van der Waals surface area contributed by atoms with Crippen molar-refractivity contribution in [1.29, 1.82) is 0 Å². The summed E-state index contributed by atoms with van der Waals surface area (Å²) in [5.74, 6) is -0.502. The smallest absolute Gasteiger partial charge is 0.195 e. The van der Waals surface area contributed by atoms with Crippen LogP contribution in [0.3, 0.4) is 0 Å². The molecule has 0 spiro atoms. The molecule has 0 bridgehead atoms. The largest absolute Gasteiger partial charge is 0.238 e. The van der Waals surface area contributed by atoms with Crippen LogP contribution in [0.1, 0.15) is 33.4 Å². The molecule has 0 saturated heterocycles. The SMILES string of the molecule is CCS(=O)(=O)c1ccc(F)c(C(C)(C)C)n1. The Kier molecular flexibility index (Phi) is 3.38. The molecule has 0 atom stereocenters. The van der Waals surface area contributed by atoms with E-state index in [0.717, 1.165) is 6.07 Å². The molecule has 0 aliphatic carbocycles. The summed E-state index contributed by atoms with van der Waals surface area (Å²) >= 11 is 0. The van der Waals surface area contributed by atoms with Crippen molar-refractivity contribution in [3.05, 3.63) is 23.6 Å². The van der Waals surface area contributed by atoms with E-state index in [1.54, 1.807) is 20.8 Å². The molecule has 0 aliphatic heterocycles. The number of nitrogens with zero attached hydrogens (tertiary/aromatic N) is 1. The number of hydrogen-bond donors (Lipinski definition) is 0. The van der Waals surface area contributed by atoms with E-state index in [0.29, 0.717) is 0 Å². The highest BCUT2D eigenvalue weighted by atomic mass is 32.2. The second-order valence-corrected chi connectivity index (χ2v) is 6.86. The van der Waals surface area contributed by atoms with Crippen LogP contribution in [0.4, 0.5) is 4.39 Å². The van der Waals surface area contributed by atoms with E-state index in [1.807, 2.05) is 0 Å². The quantitative estimate of drug-likeness (QED) is 0.803. The maximum absolute atomic E-state index is 13.5. The fourth-order valence-electron chi connectivity index (χ4n) is 1.27. The van der Waals surface area contributed by atoms with Gasteiger partial charge < -0.3 is 0 Å². The molecule has 0 unspecified atom stereocenters. The fourth-order valence-corrected chi connectivity index (χ4v) is 2.07. The first kappa shape index (κ1) is 13.1. The molecule has 90 valence electrons. The van der Waals surface area contributed by atoms with Crippen molar-refractivity contribution in [2.24, 2.45) is 0 Å². The third kappa shape index (κ3) is 2.58. The molecular formula is C11H16FNO2S. The van der Waals surface area contributed by atoms with Gasteiger partial charge in [0.25, 0.3) is 0 Å². The van der Waals surface area contributed by atoms with Crippen LogP contribution < -0.4 is 0 Å². The van der Waals surface area contributed by atoms with Crippen LogP contribution in [0.25, 0.3) is 0 Å². The lowest BCUT2D eigenvalue weighted by Crippen LogP contribution is -2.18. The molecule has 1 heterocycles. The minimum Gasteiger partial charge on any atom is -0.238 e. The summed E-state index contributed by atoms with van der Waals surface area (Å²) in [6.45, 7) is 6.92. The summed E-state index contributed by atoms with van der Waals surface area (Å²) in [6.07, 6.45) is 0. The predicted octanol–water partition coefficient (Wildman–Crippen LogP) is 2.31. The number of aromatic nitrogens is 1. The second-order valence-electron chi connectivity index (χ2n) is 4.63. The number of hydrogen-bond acceptors (Lipinski definition) is 3. The molecule has 0 N–H and O–H groups in total. The zero-order valence-electron chi connectivity index (χ0n) is 9.91. The van der Waals surface area contributed by atoms with Crippen molar-refractivity contribution < 1.29 is 12.8 Å². The number of pyridine rings is 1. The van der Waals surface area contributed by atoms with Crippen molar-refractivity contribution in [2.75, 3.05) is 5.75 Å². The van der Waals surface area contributed by atoms with E-state index < -0.39 is 21.1 Å². The Hall–Kier alpha value is -0.970. The van der Waals surface area contributed by atoms with E-state index in [4.69, 9.17) is 0 Å². The molecule has 16 heavy (non-hydrogen) atoms. The van der Waals surface area contributed by atoms with Crippen molar-refractivity contribution >= 4 is 9.84 Å². The van der Waals surface area contributed by atoms with Gasteiger partial charge >= 0.3 is 0 Å². The molecule has 0 saturated carbocycles. The van der Waals surface area contributed by atoms with Gasteiger partial charge in [-0.2, -0.15) is 0 Å². The molecule has 1 aromatic rings. The topological polar surface area (TPSA) is 47.0 Å². The van der Waals surface area contributed by atoms with Crippen molar-refractivity contribution in [3.63, 3.8) is 0 Å². The zero-order valence-corrected chi connectivity index (χ0v) is 10.7. The summed E-state index contributed by atoms with van der Waals surface area (Å²) in [5.41, 5.74) is -0.328. The predicted molar refractivity (Wildman–Crippen MR) is 60.6 cm³/mol. The van der Waals surface area contributed by atoms with E-state index in [2.05, 4.69) is 4.98 Å². The third-order valence-corrected chi connectivity index (χ3v) is 3.85. The molecule has 1 aromatic heterocycles. The normalized spacial score (nSPS) is 12.8. The van der Waals surface area contributed by atoms with Gasteiger partial charge in [0.2, 0.25) is 0 Å². The highest BCUT2D eigenvalue weighted by Crippen LogP contribution is 2.24. The minimum atomic E-state index is -3.38. The Morgan fingerprint density at radius 3 is 2.31 bits per heavy atom. The maximum atomic E-state index is 13.5. The highest BCUT2D eigenvalue weighted by molar-refractivity contribution is 7.91. The Labute approximate surface area is 95.6 Å². The first-order valence-electron chi connectivity index (χ1n) is 5.08. The summed E-state index contributed by atoms with van der Waals surface area (Å²) in [5, 5.41) is -0.0543. The van der Waals surface area contributed by atoms with Gasteiger partial charge in [-0.1, -0.05) is 27.7 Å². The van der Waals surface area contributed by atoms with Gasteiger partial charge in [0.15, 0.2) is 14.9 Å². The maximum Gasteiger partial charge on any atom is 0.195 e. The molecule has 0 fully saturated rings.